The molecular formula is C22H29N3O5. The van der Waals surface area contributed by atoms with Crippen molar-refractivity contribution < 1.29 is 23.8 Å². The van der Waals surface area contributed by atoms with Crippen LogP contribution >= 0.6 is 0 Å². The average molecular weight is 415 g/mol. The van der Waals surface area contributed by atoms with Crippen LogP contribution in [0.3, 0.4) is 0 Å². The number of carbonyl (C=O) groups is 2. The molecule has 1 heterocycles. The average Bonchev–Trinajstić information content (AvgIpc) is 3.44. The van der Waals surface area contributed by atoms with E-state index in [9.17, 15) is 9.59 Å². The second-order valence-electron chi connectivity index (χ2n) is 8.54. The van der Waals surface area contributed by atoms with Gasteiger partial charge in [-0.2, -0.15) is 0 Å². The molecule has 8 heteroatoms. The molecule has 3 rings (SSSR count). The van der Waals surface area contributed by atoms with Gasteiger partial charge in [-0.15, -0.1) is 4.99 Å². The highest BCUT2D eigenvalue weighted by Gasteiger charge is 2.22. The third-order valence-corrected chi connectivity index (χ3v) is 4.55. The lowest BCUT2D eigenvalue weighted by Crippen LogP contribution is -2.29. The second-order valence-corrected chi connectivity index (χ2v) is 8.54. The first-order chi connectivity index (χ1) is 14.1. The van der Waals surface area contributed by atoms with Gasteiger partial charge in [0.2, 0.25) is 5.62 Å². The van der Waals surface area contributed by atoms with Crippen LogP contribution in [-0.2, 0) is 23.1 Å². The van der Waals surface area contributed by atoms with Crippen LogP contribution in [0.1, 0.15) is 49.5 Å². The molecule has 1 aromatic heterocycles. The fourth-order valence-electron chi connectivity index (χ4n) is 2.92. The van der Waals surface area contributed by atoms with E-state index in [1.807, 2.05) is 16.8 Å². The summed E-state index contributed by atoms with van der Waals surface area (Å²) < 4.78 is 19.6. The van der Waals surface area contributed by atoms with E-state index >= 15 is 0 Å². The van der Waals surface area contributed by atoms with Crippen molar-refractivity contribution in [3.63, 3.8) is 0 Å². The molecule has 1 aromatic carbocycles. The summed E-state index contributed by atoms with van der Waals surface area (Å²) in [6.45, 7) is 6.41. The Kier molecular flexibility index (Phi) is 6.34. The highest BCUT2D eigenvalue weighted by molar-refractivity contribution is 5.90. The number of amides is 1. The van der Waals surface area contributed by atoms with Gasteiger partial charge in [-0.1, -0.05) is 0 Å². The Labute approximate surface area is 176 Å². The summed E-state index contributed by atoms with van der Waals surface area (Å²) in [5.41, 5.74) is 1.07. The summed E-state index contributed by atoms with van der Waals surface area (Å²) in [6.07, 6.45) is 5.32. The Hall–Kier alpha value is -3.03. The first-order valence-corrected chi connectivity index (χ1v) is 9.99. The zero-order valence-electron chi connectivity index (χ0n) is 18.2. The number of nitrogens with zero attached hydrogens (tertiary/aromatic N) is 3. The molecular weight excluding hydrogens is 386 g/mol. The first kappa shape index (κ1) is 21.7. The Morgan fingerprint density at radius 3 is 2.53 bits per heavy atom. The molecule has 1 aliphatic rings. The maximum Gasteiger partial charge on any atom is 0.437 e. The lowest BCUT2D eigenvalue weighted by Gasteiger charge is -2.17. The Morgan fingerprint density at radius 1 is 1.17 bits per heavy atom. The van der Waals surface area contributed by atoms with Crippen molar-refractivity contribution in [1.82, 2.24) is 9.13 Å². The smallest absolute Gasteiger partial charge is 0.437 e. The minimum Gasteiger partial charge on any atom is -0.493 e. The van der Waals surface area contributed by atoms with E-state index in [0.29, 0.717) is 36.0 Å². The number of esters is 1. The predicted molar refractivity (Wildman–Crippen MR) is 110 cm³/mol. The van der Waals surface area contributed by atoms with Gasteiger partial charge in [-0.25, -0.2) is 9.59 Å². The largest absolute Gasteiger partial charge is 0.493 e. The molecule has 162 valence electrons. The normalized spacial score (nSPS) is 14.5. The summed E-state index contributed by atoms with van der Waals surface area (Å²) in [4.78, 5) is 28.4. The number of hydrogen-bond acceptors (Lipinski definition) is 5. The van der Waals surface area contributed by atoms with Crippen LogP contribution in [-0.4, -0.2) is 40.5 Å². The summed E-state index contributed by atoms with van der Waals surface area (Å²) in [5, 5.41) is 0. The quantitative estimate of drug-likeness (QED) is 0.676. The van der Waals surface area contributed by atoms with E-state index in [1.54, 1.807) is 50.7 Å². The van der Waals surface area contributed by atoms with Gasteiger partial charge in [0.15, 0.2) is 0 Å². The fourth-order valence-corrected chi connectivity index (χ4v) is 2.92. The molecule has 30 heavy (non-hydrogen) atoms. The van der Waals surface area contributed by atoms with E-state index in [0.717, 1.165) is 5.56 Å². The Balaban J connectivity index is 1.89. The lowest BCUT2D eigenvalue weighted by atomic mass is 10.1. The molecule has 8 nitrogen and oxygen atoms in total. The number of benzene rings is 1. The number of imidazole rings is 1. The van der Waals surface area contributed by atoms with Gasteiger partial charge in [0, 0.05) is 19.4 Å². The van der Waals surface area contributed by atoms with Crippen LogP contribution in [0.25, 0.3) is 0 Å². The molecule has 1 saturated carbocycles. The monoisotopic (exact) mass is 415 g/mol. The van der Waals surface area contributed by atoms with Crippen molar-refractivity contribution in [2.75, 3.05) is 13.7 Å². The molecule has 0 aliphatic heterocycles. The fraction of sp³-hybridized carbons (Fsp3) is 0.500. The number of hydrogen-bond donors (Lipinski definition) is 0. The van der Waals surface area contributed by atoms with Crippen molar-refractivity contribution in [2.45, 2.75) is 45.8 Å². The number of methoxy groups -OCH3 is 1. The molecule has 1 aliphatic carbocycles. The zero-order valence-corrected chi connectivity index (χ0v) is 18.2. The molecule has 0 saturated heterocycles. The van der Waals surface area contributed by atoms with Gasteiger partial charge in [-0.05, 0) is 63.3 Å². The van der Waals surface area contributed by atoms with E-state index in [1.165, 1.54) is 20.0 Å². The van der Waals surface area contributed by atoms with Crippen molar-refractivity contribution in [3.05, 3.63) is 47.3 Å². The summed E-state index contributed by atoms with van der Waals surface area (Å²) in [5.74, 6) is 0.796. The van der Waals surface area contributed by atoms with Gasteiger partial charge >= 0.3 is 12.1 Å². The van der Waals surface area contributed by atoms with Crippen LogP contribution in [0.2, 0.25) is 0 Å². The summed E-state index contributed by atoms with van der Waals surface area (Å²) in [7, 11) is 3.15. The molecule has 0 atom stereocenters. The zero-order chi connectivity index (χ0) is 21.9. The van der Waals surface area contributed by atoms with Crippen LogP contribution < -0.4 is 10.4 Å². The molecule has 0 N–H and O–H groups in total. The van der Waals surface area contributed by atoms with Crippen molar-refractivity contribution in [3.8, 4) is 5.75 Å². The van der Waals surface area contributed by atoms with E-state index in [2.05, 4.69) is 4.99 Å². The predicted octanol–water partition coefficient (Wildman–Crippen LogP) is 3.29. The van der Waals surface area contributed by atoms with Crippen LogP contribution in [0.4, 0.5) is 4.79 Å². The highest BCUT2D eigenvalue weighted by atomic mass is 16.6. The third kappa shape index (κ3) is 5.98. The highest BCUT2D eigenvalue weighted by Crippen LogP contribution is 2.30. The molecule has 2 aromatic rings. The van der Waals surface area contributed by atoms with Gasteiger partial charge in [0.25, 0.3) is 0 Å². The molecule has 1 amide bonds. The number of rotatable bonds is 6. The van der Waals surface area contributed by atoms with Crippen molar-refractivity contribution >= 4 is 12.1 Å². The second kappa shape index (κ2) is 8.77. The van der Waals surface area contributed by atoms with Crippen LogP contribution in [0.5, 0.6) is 5.75 Å². The van der Waals surface area contributed by atoms with E-state index in [-0.39, 0.29) is 0 Å². The minimum atomic E-state index is -0.658. The topological polar surface area (TPSA) is 84.1 Å². The molecule has 0 bridgehead atoms. The standard InChI is InChI=1S/C22H29N3O5/c1-22(2,3)30-21(27)23-20-24(4)8-9-25(20)13-16-10-17(19(26)28-5)12-18(11-16)29-14-15-6-7-15/h8-12,15H,6-7,13-14H2,1-5H3/b23-20+. The minimum absolute atomic E-state index is 0.396. The summed E-state index contributed by atoms with van der Waals surface area (Å²) in [6, 6.07) is 5.35. The Morgan fingerprint density at radius 2 is 1.90 bits per heavy atom. The van der Waals surface area contributed by atoms with Crippen LogP contribution in [0, 0.1) is 5.92 Å². The number of ether oxygens (including phenoxy) is 3. The first-order valence-electron chi connectivity index (χ1n) is 9.99. The maximum absolute atomic E-state index is 12.2. The molecule has 1 fully saturated rings. The number of aryl methyl sites for hydroxylation is 1. The van der Waals surface area contributed by atoms with Gasteiger partial charge in [-0.3, -0.25) is 0 Å². The number of aromatic nitrogens is 2. The van der Waals surface area contributed by atoms with E-state index < -0.39 is 17.7 Å². The van der Waals surface area contributed by atoms with Crippen LogP contribution in [0.15, 0.2) is 35.6 Å². The molecule has 0 spiro atoms. The Bertz CT molecular complexity index is 993. The van der Waals surface area contributed by atoms with Crippen molar-refractivity contribution in [1.29, 1.82) is 0 Å². The SMILES string of the molecule is COC(=O)c1cc(Cn2ccn(C)/c2=N\C(=O)OC(C)(C)C)cc(OCC2CC2)c1. The van der Waals surface area contributed by atoms with Gasteiger partial charge in [0.1, 0.15) is 11.4 Å². The van der Waals surface area contributed by atoms with Gasteiger partial charge < -0.3 is 23.3 Å². The molecule has 0 radical (unpaired) electrons. The molecule has 0 unspecified atom stereocenters. The summed E-state index contributed by atoms with van der Waals surface area (Å²) >= 11 is 0. The maximum atomic E-state index is 12.2. The third-order valence-electron chi connectivity index (χ3n) is 4.55. The van der Waals surface area contributed by atoms with E-state index in [4.69, 9.17) is 14.2 Å². The lowest BCUT2D eigenvalue weighted by molar-refractivity contribution is 0.0586. The number of carbonyl (C=O) groups excluding carboxylic acids is 2. The van der Waals surface area contributed by atoms with Crippen molar-refractivity contribution in [2.24, 2.45) is 18.0 Å². The van der Waals surface area contributed by atoms with Gasteiger partial charge in [0.05, 0.1) is 25.8 Å².